The van der Waals surface area contributed by atoms with Gasteiger partial charge in [0.1, 0.15) is 0 Å². The van der Waals surface area contributed by atoms with E-state index >= 15 is 0 Å². The van der Waals surface area contributed by atoms with Gasteiger partial charge in [-0.3, -0.25) is 9.69 Å². The molecule has 0 spiro atoms. The Bertz CT molecular complexity index is 1580. The van der Waals surface area contributed by atoms with Crippen molar-refractivity contribution in [3.8, 4) is 11.4 Å². The van der Waals surface area contributed by atoms with Crippen molar-refractivity contribution in [3.05, 3.63) is 22.8 Å². The van der Waals surface area contributed by atoms with E-state index in [-0.39, 0.29) is 11.9 Å². The Kier molecular flexibility index (Phi) is 13.0. The Balaban J connectivity index is 0.000000392. The third-order valence-electron chi connectivity index (χ3n) is 7.01. The molecule has 0 aliphatic carbocycles. The normalized spacial score (nSPS) is 16.3. The Morgan fingerprint density at radius 3 is 1.92 bits per heavy atom. The molecule has 49 heavy (non-hydrogen) atoms. The molecule has 0 radical (unpaired) electrons. The van der Waals surface area contributed by atoms with Gasteiger partial charge in [-0.1, -0.05) is 0 Å². The summed E-state index contributed by atoms with van der Waals surface area (Å²) in [7, 11) is 0. The minimum absolute atomic E-state index is 0.0206. The number of anilines is 2. The SMILES string of the molecule is Cc1c(CN2CCN(C(=O)[C@H](C)N)CC2)sc2c(N3CCOCC3)nc(-c3cnc(N)nc3)nc12.O=C(O)C(F)(F)F.O=C(O)C(F)(F)F. The average molecular weight is 726 g/mol. The third-order valence-corrected chi connectivity index (χ3v) is 8.27. The first-order chi connectivity index (χ1) is 22.8. The van der Waals surface area contributed by atoms with Crippen LogP contribution in [-0.4, -0.2) is 129 Å². The van der Waals surface area contributed by atoms with E-state index in [0.717, 1.165) is 59.9 Å². The molecule has 0 bridgehead atoms. The van der Waals surface area contributed by atoms with Crippen LogP contribution in [0.1, 0.15) is 17.4 Å². The number of rotatable bonds is 5. The molecular formula is C27H33F6N9O6S. The van der Waals surface area contributed by atoms with Gasteiger partial charge in [0, 0.05) is 63.1 Å². The number of carboxylic acids is 2. The molecule has 2 aliphatic rings. The van der Waals surface area contributed by atoms with Gasteiger partial charge < -0.3 is 36.2 Å². The second-order valence-electron chi connectivity index (χ2n) is 10.6. The number of hydrogen-bond donors (Lipinski definition) is 4. The highest BCUT2D eigenvalue weighted by Gasteiger charge is 2.39. The van der Waals surface area contributed by atoms with Gasteiger partial charge >= 0.3 is 24.3 Å². The van der Waals surface area contributed by atoms with E-state index in [9.17, 15) is 31.1 Å². The average Bonchev–Trinajstić information content (AvgIpc) is 3.35. The lowest BCUT2D eigenvalue weighted by molar-refractivity contribution is -0.193. The van der Waals surface area contributed by atoms with Crippen molar-refractivity contribution in [1.29, 1.82) is 0 Å². The zero-order chi connectivity index (χ0) is 36.7. The van der Waals surface area contributed by atoms with Gasteiger partial charge in [-0.25, -0.2) is 29.5 Å². The topological polar surface area (TPSA) is 214 Å². The monoisotopic (exact) mass is 725 g/mol. The van der Waals surface area contributed by atoms with Gasteiger partial charge in [0.15, 0.2) is 11.6 Å². The van der Waals surface area contributed by atoms with E-state index in [1.165, 1.54) is 4.88 Å². The van der Waals surface area contributed by atoms with Gasteiger partial charge in [-0.05, 0) is 19.4 Å². The number of alkyl halides is 6. The number of morpholine rings is 1. The van der Waals surface area contributed by atoms with Gasteiger partial charge in [0.2, 0.25) is 11.9 Å². The highest BCUT2D eigenvalue weighted by atomic mass is 32.1. The van der Waals surface area contributed by atoms with Crippen molar-refractivity contribution in [2.45, 2.75) is 38.8 Å². The fraction of sp³-hybridized carbons (Fsp3) is 0.519. The summed E-state index contributed by atoms with van der Waals surface area (Å²) in [4.78, 5) is 55.9. The number of carbonyl (C=O) groups is 3. The lowest BCUT2D eigenvalue weighted by Crippen LogP contribution is -2.52. The summed E-state index contributed by atoms with van der Waals surface area (Å²) in [6.45, 7) is 10.6. The number of aliphatic carboxylic acids is 2. The summed E-state index contributed by atoms with van der Waals surface area (Å²) in [5, 5.41) is 14.2. The standard InChI is InChI=1S/C23H31N9O2S.2C2HF3O2/c1-14-17(13-30-3-5-32(6-4-30)22(33)15(2)24)35-19-18(14)28-20(16-11-26-23(25)27-12-16)29-21(19)31-7-9-34-10-8-31;2*3-2(4,5)1(6)7/h11-12,15H,3-10,13,24H2,1-2H3,(H2,25,26,27);2*(H,6,7)/t15-;;/m0../s1. The molecule has 5 heterocycles. The van der Waals surface area contributed by atoms with Crippen molar-refractivity contribution in [2.75, 3.05) is 63.1 Å². The van der Waals surface area contributed by atoms with Crippen LogP contribution in [-0.2, 0) is 25.7 Å². The number of piperazine rings is 1. The smallest absolute Gasteiger partial charge is 0.475 e. The molecular weight excluding hydrogens is 692 g/mol. The van der Waals surface area contributed by atoms with Gasteiger partial charge in [-0.15, -0.1) is 11.3 Å². The quantitative estimate of drug-likeness (QED) is 0.278. The maximum atomic E-state index is 12.2. The number of ether oxygens (including phenoxy) is 1. The number of halogens is 6. The van der Waals surface area contributed by atoms with Crippen LogP contribution in [0.25, 0.3) is 21.6 Å². The lowest BCUT2D eigenvalue weighted by atomic mass is 10.2. The Morgan fingerprint density at radius 1 is 0.939 bits per heavy atom. The minimum Gasteiger partial charge on any atom is -0.475 e. The molecule has 2 aliphatic heterocycles. The molecule has 270 valence electrons. The van der Waals surface area contributed by atoms with Crippen LogP contribution in [0.15, 0.2) is 12.4 Å². The second-order valence-corrected chi connectivity index (χ2v) is 11.7. The molecule has 5 rings (SSSR count). The number of amides is 1. The molecule has 6 N–H and O–H groups in total. The Hall–Kier alpha value is -4.41. The molecule has 1 amide bonds. The first-order valence-electron chi connectivity index (χ1n) is 14.4. The molecule has 0 saturated carbocycles. The number of carbonyl (C=O) groups excluding carboxylic acids is 1. The van der Waals surface area contributed by atoms with Gasteiger partial charge in [0.25, 0.3) is 0 Å². The van der Waals surface area contributed by atoms with E-state index in [0.29, 0.717) is 32.1 Å². The number of aryl methyl sites for hydroxylation is 1. The zero-order valence-corrected chi connectivity index (χ0v) is 26.9. The van der Waals surface area contributed by atoms with Crippen LogP contribution in [0.2, 0.25) is 0 Å². The number of nitrogens with two attached hydrogens (primary N) is 2. The lowest BCUT2D eigenvalue weighted by Gasteiger charge is -2.35. The molecule has 2 saturated heterocycles. The molecule has 3 aromatic heterocycles. The maximum Gasteiger partial charge on any atom is 0.490 e. The third kappa shape index (κ3) is 10.8. The fourth-order valence-electron chi connectivity index (χ4n) is 4.46. The Morgan fingerprint density at radius 2 is 1.45 bits per heavy atom. The van der Waals surface area contributed by atoms with Crippen LogP contribution in [0, 0.1) is 6.92 Å². The van der Waals surface area contributed by atoms with Crippen molar-refractivity contribution in [1.82, 2.24) is 29.7 Å². The molecule has 2 fully saturated rings. The van der Waals surface area contributed by atoms with E-state index < -0.39 is 30.3 Å². The molecule has 22 heteroatoms. The summed E-state index contributed by atoms with van der Waals surface area (Å²) in [5.41, 5.74) is 14.3. The first kappa shape index (κ1) is 39.0. The maximum absolute atomic E-state index is 12.2. The zero-order valence-electron chi connectivity index (χ0n) is 26.1. The van der Waals surface area contributed by atoms with Crippen molar-refractivity contribution in [2.24, 2.45) is 5.73 Å². The number of hydrogen-bond acceptors (Lipinski definition) is 13. The predicted octanol–water partition coefficient (Wildman–Crippen LogP) is 2.13. The number of carboxylic acid groups (broad SMARTS) is 2. The van der Waals surface area contributed by atoms with Crippen LogP contribution >= 0.6 is 11.3 Å². The molecule has 0 unspecified atom stereocenters. The summed E-state index contributed by atoms with van der Waals surface area (Å²) in [6, 6.07) is -0.454. The fourth-order valence-corrected chi connectivity index (χ4v) is 5.76. The minimum atomic E-state index is -5.08. The second kappa shape index (κ2) is 16.3. The molecule has 0 aromatic carbocycles. The number of fused-ring (bicyclic) bond motifs is 1. The van der Waals surface area contributed by atoms with Gasteiger partial charge in [0.05, 0.1) is 35.0 Å². The van der Waals surface area contributed by atoms with E-state index in [2.05, 4.69) is 26.7 Å². The van der Waals surface area contributed by atoms with E-state index in [1.54, 1.807) is 30.7 Å². The molecule has 15 nitrogen and oxygen atoms in total. The number of nitrogens with zero attached hydrogens (tertiary/aromatic N) is 7. The first-order valence-corrected chi connectivity index (χ1v) is 15.2. The van der Waals surface area contributed by atoms with E-state index in [1.807, 2.05) is 4.90 Å². The summed E-state index contributed by atoms with van der Waals surface area (Å²) < 4.78 is 70.1. The summed E-state index contributed by atoms with van der Waals surface area (Å²) in [5.74, 6) is -3.75. The summed E-state index contributed by atoms with van der Waals surface area (Å²) >= 11 is 1.76. The van der Waals surface area contributed by atoms with Crippen molar-refractivity contribution < 1.29 is 55.7 Å². The van der Waals surface area contributed by atoms with E-state index in [4.69, 9.17) is 46.0 Å². The van der Waals surface area contributed by atoms with Crippen molar-refractivity contribution in [3.63, 3.8) is 0 Å². The van der Waals surface area contributed by atoms with Crippen LogP contribution in [0.4, 0.5) is 38.1 Å². The molecule has 1 atom stereocenters. The van der Waals surface area contributed by atoms with Crippen LogP contribution in [0.3, 0.4) is 0 Å². The number of aromatic nitrogens is 4. The highest BCUT2D eigenvalue weighted by Crippen LogP contribution is 2.38. The van der Waals surface area contributed by atoms with Gasteiger partial charge in [-0.2, -0.15) is 26.3 Å². The predicted molar refractivity (Wildman–Crippen MR) is 164 cm³/mol. The van der Waals surface area contributed by atoms with Crippen LogP contribution < -0.4 is 16.4 Å². The highest BCUT2D eigenvalue weighted by molar-refractivity contribution is 7.19. The Labute approximate surface area is 278 Å². The van der Waals surface area contributed by atoms with Crippen LogP contribution in [0.5, 0.6) is 0 Å². The number of nitrogen functional groups attached to an aromatic ring is 1. The largest absolute Gasteiger partial charge is 0.490 e. The number of thiophene rings is 1. The summed E-state index contributed by atoms with van der Waals surface area (Å²) in [6.07, 6.45) is -6.84. The van der Waals surface area contributed by atoms with Crippen molar-refractivity contribution >= 4 is 51.2 Å². The molecule has 3 aromatic rings.